The van der Waals surface area contributed by atoms with Gasteiger partial charge in [0.05, 0.1) is 6.54 Å². The Labute approximate surface area is 127 Å². The Hall–Kier alpha value is -2.29. The van der Waals surface area contributed by atoms with Crippen LogP contribution in [0.3, 0.4) is 0 Å². The van der Waals surface area contributed by atoms with Crippen LogP contribution in [0.25, 0.3) is 0 Å². The van der Waals surface area contributed by atoms with E-state index in [0.29, 0.717) is 17.7 Å². The molecule has 1 amide bonds. The van der Waals surface area contributed by atoms with Crippen molar-refractivity contribution in [3.63, 3.8) is 0 Å². The average Bonchev–Trinajstić information content (AvgIpc) is 2.93. The summed E-state index contributed by atoms with van der Waals surface area (Å²) in [6.07, 6.45) is 0. The van der Waals surface area contributed by atoms with Crippen molar-refractivity contribution in [2.24, 2.45) is 0 Å². The summed E-state index contributed by atoms with van der Waals surface area (Å²) in [5, 5.41) is 23.0. The molecule has 0 radical (unpaired) electrons. The van der Waals surface area contributed by atoms with E-state index in [2.05, 4.69) is 17.2 Å². The molecule has 1 aromatic heterocycles. The molecule has 0 fully saturated rings. The van der Waals surface area contributed by atoms with Crippen LogP contribution in [-0.2, 0) is 6.54 Å². The molecule has 0 saturated heterocycles. The molecule has 0 atom stereocenters. The number of aliphatic hydroxyl groups is 1. The largest absolute Gasteiger partial charge is 0.508 e. The van der Waals surface area contributed by atoms with E-state index in [0.717, 1.165) is 10.4 Å². The molecule has 3 N–H and O–H groups in total. The Balaban J connectivity index is 2.08. The van der Waals surface area contributed by atoms with Gasteiger partial charge in [0, 0.05) is 21.6 Å². The fourth-order valence-corrected chi connectivity index (χ4v) is 2.62. The maximum Gasteiger partial charge on any atom is 0.251 e. The van der Waals surface area contributed by atoms with E-state index in [1.54, 1.807) is 25.1 Å². The van der Waals surface area contributed by atoms with E-state index in [9.17, 15) is 9.90 Å². The minimum Gasteiger partial charge on any atom is -0.508 e. The highest BCUT2D eigenvalue weighted by atomic mass is 32.1. The van der Waals surface area contributed by atoms with Crippen molar-refractivity contribution < 1.29 is 15.0 Å². The molecule has 0 unspecified atom stereocenters. The maximum atomic E-state index is 12.1. The highest BCUT2D eigenvalue weighted by Gasteiger charge is 2.12. The number of benzene rings is 1. The van der Waals surface area contributed by atoms with Crippen LogP contribution in [0, 0.1) is 18.8 Å². The molecule has 0 aliphatic rings. The summed E-state index contributed by atoms with van der Waals surface area (Å²) in [7, 11) is 0. The highest BCUT2D eigenvalue weighted by molar-refractivity contribution is 7.10. The Bertz CT molecular complexity index is 710. The number of hydrogen-bond donors (Lipinski definition) is 3. The smallest absolute Gasteiger partial charge is 0.251 e. The summed E-state index contributed by atoms with van der Waals surface area (Å²) in [5.74, 6) is 5.31. The molecule has 2 aromatic rings. The number of phenols is 1. The van der Waals surface area contributed by atoms with Gasteiger partial charge in [-0.25, -0.2) is 0 Å². The monoisotopic (exact) mass is 301 g/mol. The van der Waals surface area contributed by atoms with Gasteiger partial charge < -0.3 is 15.5 Å². The van der Waals surface area contributed by atoms with E-state index in [-0.39, 0.29) is 18.3 Å². The van der Waals surface area contributed by atoms with Crippen LogP contribution in [-0.4, -0.2) is 22.7 Å². The van der Waals surface area contributed by atoms with Gasteiger partial charge in [0.2, 0.25) is 0 Å². The van der Waals surface area contributed by atoms with Gasteiger partial charge in [-0.1, -0.05) is 17.9 Å². The lowest BCUT2D eigenvalue weighted by molar-refractivity contribution is 0.0950. The van der Waals surface area contributed by atoms with Crippen molar-refractivity contribution >= 4 is 17.2 Å². The van der Waals surface area contributed by atoms with Crippen molar-refractivity contribution in [1.29, 1.82) is 0 Å². The molecule has 0 aliphatic heterocycles. The third kappa shape index (κ3) is 3.63. The van der Waals surface area contributed by atoms with Gasteiger partial charge in [0.15, 0.2) is 0 Å². The minimum atomic E-state index is -0.238. The van der Waals surface area contributed by atoms with Gasteiger partial charge in [0.1, 0.15) is 12.4 Å². The fourth-order valence-electron chi connectivity index (χ4n) is 1.85. The lowest BCUT2D eigenvalue weighted by Gasteiger charge is -2.08. The first-order valence-corrected chi connectivity index (χ1v) is 7.24. The van der Waals surface area contributed by atoms with Crippen molar-refractivity contribution in [3.8, 4) is 17.6 Å². The topological polar surface area (TPSA) is 69.6 Å². The second-order valence-electron chi connectivity index (χ2n) is 4.35. The van der Waals surface area contributed by atoms with Crippen molar-refractivity contribution in [3.05, 3.63) is 51.2 Å². The summed E-state index contributed by atoms with van der Waals surface area (Å²) in [4.78, 5) is 13.1. The summed E-state index contributed by atoms with van der Waals surface area (Å²) < 4.78 is 0. The predicted molar refractivity (Wildman–Crippen MR) is 82.3 cm³/mol. The number of aromatic hydroxyl groups is 1. The second kappa shape index (κ2) is 6.93. The third-order valence-corrected chi connectivity index (χ3v) is 3.93. The zero-order valence-electron chi connectivity index (χ0n) is 11.5. The molecule has 5 heteroatoms. The first-order chi connectivity index (χ1) is 10.1. The molecule has 2 rings (SSSR count). The summed E-state index contributed by atoms with van der Waals surface area (Å²) >= 11 is 1.50. The van der Waals surface area contributed by atoms with Crippen LogP contribution >= 0.6 is 11.3 Å². The van der Waals surface area contributed by atoms with Gasteiger partial charge in [-0.05, 0) is 30.5 Å². The SMILES string of the molecule is Cc1c(O)cccc1C(=O)NCc1sccc1C#CCO. The van der Waals surface area contributed by atoms with Crippen LogP contribution in [0.1, 0.15) is 26.4 Å². The molecular formula is C16H15NO3S. The minimum absolute atomic E-state index is 0.105. The number of carbonyl (C=O) groups excluding carboxylic acids is 1. The quantitative estimate of drug-likeness (QED) is 0.760. The number of aliphatic hydroxyl groups excluding tert-OH is 1. The Morgan fingerprint density at radius 2 is 2.19 bits per heavy atom. The van der Waals surface area contributed by atoms with E-state index in [1.165, 1.54) is 11.3 Å². The predicted octanol–water partition coefficient (Wildman–Crippen LogP) is 2.04. The van der Waals surface area contributed by atoms with E-state index in [1.807, 2.05) is 11.4 Å². The van der Waals surface area contributed by atoms with E-state index >= 15 is 0 Å². The zero-order valence-corrected chi connectivity index (χ0v) is 12.3. The van der Waals surface area contributed by atoms with E-state index in [4.69, 9.17) is 5.11 Å². The van der Waals surface area contributed by atoms with Crippen LogP contribution in [0.15, 0.2) is 29.6 Å². The number of hydrogen-bond acceptors (Lipinski definition) is 4. The molecule has 108 valence electrons. The van der Waals surface area contributed by atoms with Gasteiger partial charge in [0.25, 0.3) is 5.91 Å². The number of amides is 1. The molecule has 0 saturated carbocycles. The van der Waals surface area contributed by atoms with Gasteiger partial charge in [-0.2, -0.15) is 0 Å². The molecule has 1 heterocycles. The van der Waals surface area contributed by atoms with Crippen LogP contribution in [0.2, 0.25) is 0 Å². The van der Waals surface area contributed by atoms with Crippen molar-refractivity contribution in [1.82, 2.24) is 5.32 Å². The molecule has 0 bridgehead atoms. The number of carbonyl (C=O) groups is 1. The molecule has 1 aromatic carbocycles. The normalized spacial score (nSPS) is 9.81. The van der Waals surface area contributed by atoms with Crippen LogP contribution in [0.5, 0.6) is 5.75 Å². The first-order valence-electron chi connectivity index (χ1n) is 6.36. The third-order valence-electron chi connectivity index (χ3n) is 3.01. The van der Waals surface area contributed by atoms with Gasteiger partial charge >= 0.3 is 0 Å². The van der Waals surface area contributed by atoms with Crippen LogP contribution < -0.4 is 5.32 Å². The summed E-state index contributed by atoms with van der Waals surface area (Å²) in [5.41, 5.74) is 1.82. The van der Waals surface area contributed by atoms with Gasteiger partial charge in [-0.3, -0.25) is 4.79 Å². The van der Waals surface area contributed by atoms with Crippen molar-refractivity contribution in [2.75, 3.05) is 6.61 Å². The standard InChI is InChI=1S/C16H15NO3S/c1-11-13(5-2-6-14(11)19)16(20)17-10-15-12(4-3-8-18)7-9-21-15/h2,5-7,9,18-19H,8,10H2,1H3,(H,17,20). The Morgan fingerprint density at radius 1 is 1.38 bits per heavy atom. The summed E-state index contributed by atoms with van der Waals surface area (Å²) in [6.45, 7) is 1.87. The maximum absolute atomic E-state index is 12.1. The van der Waals surface area contributed by atoms with E-state index < -0.39 is 0 Å². The number of rotatable bonds is 3. The lowest BCUT2D eigenvalue weighted by atomic mass is 10.1. The Morgan fingerprint density at radius 3 is 2.95 bits per heavy atom. The summed E-state index contributed by atoms with van der Waals surface area (Å²) in [6, 6.07) is 6.72. The number of thiophene rings is 1. The molecule has 4 nitrogen and oxygen atoms in total. The lowest BCUT2D eigenvalue weighted by Crippen LogP contribution is -2.23. The van der Waals surface area contributed by atoms with Gasteiger partial charge in [-0.15, -0.1) is 11.3 Å². The molecular weight excluding hydrogens is 286 g/mol. The number of nitrogens with one attached hydrogen (secondary N) is 1. The molecule has 0 aliphatic carbocycles. The van der Waals surface area contributed by atoms with Crippen LogP contribution in [0.4, 0.5) is 0 Å². The first kappa shape index (κ1) is 15.1. The zero-order chi connectivity index (χ0) is 15.2. The highest BCUT2D eigenvalue weighted by Crippen LogP contribution is 2.20. The Kier molecular flexibility index (Phi) is 4.99. The molecule has 0 spiro atoms. The van der Waals surface area contributed by atoms with Crippen molar-refractivity contribution in [2.45, 2.75) is 13.5 Å². The number of phenolic OH excluding ortho intramolecular Hbond substituents is 1. The second-order valence-corrected chi connectivity index (χ2v) is 5.35. The fraction of sp³-hybridized carbons (Fsp3) is 0.188. The molecule has 21 heavy (non-hydrogen) atoms. The average molecular weight is 301 g/mol.